The standard InChI is InChI=1S/C12H18N2O3/c1-8(7-17-2)6-14-12(16)10-5-9(15)3-4-11(10)13/h3-5,8,15H,6-7,13H2,1-2H3,(H,14,16). The number of nitrogens with one attached hydrogen (secondary N) is 1. The third-order valence-electron chi connectivity index (χ3n) is 2.34. The lowest BCUT2D eigenvalue weighted by Gasteiger charge is -2.12. The van der Waals surface area contributed by atoms with E-state index in [-0.39, 0.29) is 23.1 Å². The number of carbonyl (C=O) groups excluding carboxylic acids is 1. The average Bonchev–Trinajstić information content (AvgIpc) is 2.29. The molecule has 0 spiro atoms. The van der Waals surface area contributed by atoms with E-state index in [1.807, 2.05) is 6.92 Å². The fourth-order valence-electron chi connectivity index (χ4n) is 1.45. The van der Waals surface area contributed by atoms with Gasteiger partial charge in [0.25, 0.3) is 5.91 Å². The summed E-state index contributed by atoms with van der Waals surface area (Å²) in [6.07, 6.45) is 0. The van der Waals surface area contributed by atoms with Gasteiger partial charge in [-0.3, -0.25) is 4.79 Å². The number of ether oxygens (including phenoxy) is 1. The first-order valence-electron chi connectivity index (χ1n) is 5.40. The molecule has 0 fully saturated rings. The molecule has 1 aromatic carbocycles. The highest BCUT2D eigenvalue weighted by molar-refractivity contribution is 5.99. The summed E-state index contributed by atoms with van der Waals surface area (Å²) in [5.41, 5.74) is 6.29. The van der Waals surface area contributed by atoms with Crippen molar-refractivity contribution in [2.24, 2.45) is 5.92 Å². The van der Waals surface area contributed by atoms with E-state index in [1.54, 1.807) is 7.11 Å². The van der Waals surface area contributed by atoms with Crippen molar-refractivity contribution in [1.82, 2.24) is 5.32 Å². The molecule has 1 rings (SSSR count). The molecule has 0 bridgehead atoms. The number of nitrogens with two attached hydrogens (primary N) is 1. The molecule has 94 valence electrons. The highest BCUT2D eigenvalue weighted by atomic mass is 16.5. The summed E-state index contributed by atoms with van der Waals surface area (Å²) in [6.45, 7) is 3.05. The fraction of sp³-hybridized carbons (Fsp3) is 0.417. The van der Waals surface area contributed by atoms with Crippen LogP contribution in [0.2, 0.25) is 0 Å². The molecule has 0 aliphatic rings. The number of carbonyl (C=O) groups is 1. The van der Waals surface area contributed by atoms with E-state index < -0.39 is 0 Å². The molecule has 5 heteroatoms. The van der Waals surface area contributed by atoms with Crippen molar-refractivity contribution in [3.05, 3.63) is 23.8 Å². The van der Waals surface area contributed by atoms with E-state index in [0.29, 0.717) is 18.8 Å². The Morgan fingerprint density at radius 3 is 2.94 bits per heavy atom. The Labute approximate surface area is 101 Å². The van der Waals surface area contributed by atoms with Crippen molar-refractivity contribution in [2.45, 2.75) is 6.92 Å². The zero-order valence-corrected chi connectivity index (χ0v) is 10.1. The van der Waals surface area contributed by atoms with Gasteiger partial charge >= 0.3 is 0 Å². The van der Waals surface area contributed by atoms with E-state index in [2.05, 4.69) is 5.32 Å². The zero-order chi connectivity index (χ0) is 12.8. The summed E-state index contributed by atoms with van der Waals surface area (Å²) >= 11 is 0. The topological polar surface area (TPSA) is 84.6 Å². The molecule has 1 atom stereocenters. The van der Waals surface area contributed by atoms with Crippen LogP contribution in [-0.2, 0) is 4.74 Å². The maximum absolute atomic E-state index is 11.8. The molecule has 0 aliphatic carbocycles. The number of methoxy groups -OCH3 is 1. The molecule has 0 aromatic heterocycles. The summed E-state index contributed by atoms with van der Waals surface area (Å²) in [5, 5.41) is 12.0. The van der Waals surface area contributed by atoms with Gasteiger partial charge in [0.05, 0.1) is 12.2 Å². The molecule has 0 radical (unpaired) electrons. The minimum atomic E-state index is -0.290. The van der Waals surface area contributed by atoms with Crippen molar-refractivity contribution in [1.29, 1.82) is 0 Å². The van der Waals surface area contributed by atoms with Crippen LogP contribution in [0.3, 0.4) is 0 Å². The van der Waals surface area contributed by atoms with Crippen LogP contribution in [0.4, 0.5) is 5.69 Å². The quantitative estimate of drug-likeness (QED) is 0.527. The fourth-order valence-corrected chi connectivity index (χ4v) is 1.45. The summed E-state index contributed by atoms with van der Waals surface area (Å²) in [4.78, 5) is 11.8. The van der Waals surface area contributed by atoms with Crippen molar-refractivity contribution in [3.63, 3.8) is 0 Å². The number of amides is 1. The second kappa shape index (κ2) is 6.10. The lowest BCUT2D eigenvalue weighted by atomic mass is 10.1. The van der Waals surface area contributed by atoms with Gasteiger partial charge in [-0.2, -0.15) is 0 Å². The van der Waals surface area contributed by atoms with Gasteiger partial charge in [-0.25, -0.2) is 0 Å². The number of hydrogen-bond acceptors (Lipinski definition) is 4. The Balaban J connectivity index is 2.61. The largest absolute Gasteiger partial charge is 0.508 e. The smallest absolute Gasteiger partial charge is 0.253 e. The molecule has 1 amide bonds. The number of rotatable bonds is 5. The Kier molecular flexibility index (Phi) is 4.78. The van der Waals surface area contributed by atoms with Gasteiger partial charge in [-0.15, -0.1) is 0 Å². The Bertz CT molecular complexity index is 393. The van der Waals surface area contributed by atoms with Crippen LogP contribution in [0.1, 0.15) is 17.3 Å². The van der Waals surface area contributed by atoms with Gasteiger partial charge in [0.2, 0.25) is 0 Å². The van der Waals surface area contributed by atoms with Gasteiger partial charge < -0.3 is 20.9 Å². The molecule has 17 heavy (non-hydrogen) atoms. The summed E-state index contributed by atoms with van der Waals surface area (Å²) in [5.74, 6) is -0.0434. The molecular formula is C12H18N2O3. The summed E-state index contributed by atoms with van der Waals surface area (Å²) in [7, 11) is 1.62. The third kappa shape index (κ3) is 3.96. The van der Waals surface area contributed by atoms with Crippen LogP contribution >= 0.6 is 0 Å². The molecule has 4 N–H and O–H groups in total. The third-order valence-corrected chi connectivity index (χ3v) is 2.34. The molecule has 0 aliphatic heterocycles. The highest BCUT2D eigenvalue weighted by Gasteiger charge is 2.11. The zero-order valence-electron chi connectivity index (χ0n) is 10.1. The van der Waals surface area contributed by atoms with E-state index in [1.165, 1.54) is 18.2 Å². The first-order chi connectivity index (χ1) is 8.04. The van der Waals surface area contributed by atoms with Gasteiger partial charge in [0.15, 0.2) is 0 Å². The summed E-state index contributed by atoms with van der Waals surface area (Å²) in [6, 6.07) is 4.30. The Morgan fingerprint density at radius 2 is 2.29 bits per heavy atom. The van der Waals surface area contributed by atoms with Crippen molar-refractivity contribution < 1.29 is 14.6 Å². The molecule has 1 aromatic rings. The molecule has 0 saturated heterocycles. The first-order valence-corrected chi connectivity index (χ1v) is 5.40. The van der Waals surface area contributed by atoms with Crippen LogP contribution < -0.4 is 11.1 Å². The van der Waals surface area contributed by atoms with E-state index >= 15 is 0 Å². The predicted molar refractivity (Wildman–Crippen MR) is 65.9 cm³/mol. The van der Waals surface area contributed by atoms with Gasteiger partial charge in [-0.05, 0) is 24.1 Å². The first kappa shape index (κ1) is 13.3. The maximum Gasteiger partial charge on any atom is 0.253 e. The molecular weight excluding hydrogens is 220 g/mol. The van der Waals surface area contributed by atoms with Crippen LogP contribution in [0, 0.1) is 5.92 Å². The molecule has 1 unspecified atom stereocenters. The van der Waals surface area contributed by atoms with Crippen LogP contribution in [0.25, 0.3) is 0 Å². The lowest BCUT2D eigenvalue weighted by Crippen LogP contribution is -2.30. The molecule has 0 saturated carbocycles. The Morgan fingerprint density at radius 1 is 1.59 bits per heavy atom. The van der Waals surface area contributed by atoms with Gasteiger partial charge in [0.1, 0.15) is 5.75 Å². The number of aromatic hydroxyl groups is 1. The summed E-state index contributed by atoms with van der Waals surface area (Å²) < 4.78 is 4.97. The van der Waals surface area contributed by atoms with Crippen molar-refractivity contribution >= 4 is 11.6 Å². The second-order valence-electron chi connectivity index (χ2n) is 4.04. The predicted octanol–water partition coefficient (Wildman–Crippen LogP) is 0.987. The lowest BCUT2D eigenvalue weighted by molar-refractivity contribution is 0.0934. The van der Waals surface area contributed by atoms with E-state index in [9.17, 15) is 9.90 Å². The minimum absolute atomic E-state index is 0.0225. The number of benzene rings is 1. The number of anilines is 1. The second-order valence-corrected chi connectivity index (χ2v) is 4.04. The normalized spacial score (nSPS) is 12.1. The number of nitrogen functional groups attached to an aromatic ring is 1. The average molecular weight is 238 g/mol. The SMILES string of the molecule is COCC(C)CNC(=O)c1cc(O)ccc1N. The molecule has 5 nitrogen and oxygen atoms in total. The van der Waals surface area contributed by atoms with Crippen LogP contribution in [-0.4, -0.2) is 31.3 Å². The highest BCUT2D eigenvalue weighted by Crippen LogP contribution is 2.18. The van der Waals surface area contributed by atoms with Gasteiger partial charge in [0, 0.05) is 19.3 Å². The van der Waals surface area contributed by atoms with Crippen LogP contribution in [0.5, 0.6) is 5.75 Å². The monoisotopic (exact) mass is 238 g/mol. The minimum Gasteiger partial charge on any atom is -0.508 e. The van der Waals surface area contributed by atoms with E-state index in [0.717, 1.165) is 0 Å². The maximum atomic E-state index is 11.8. The number of hydrogen-bond donors (Lipinski definition) is 3. The molecule has 0 heterocycles. The van der Waals surface area contributed by atoms with Crippen molar-refractivity contribution in [2.75, 3.05) is 26.0 Å². The number of phenolic OH excluding ortho intramolecular Hbond substituents is 1. The number of phenols is 1. The Hall–Kier alpha value is -1.75. The van der Waals surface area contributed by atoms with E-state index in [4.69, 9.17) is 10.5 Å². The van der Waals surface area contributed by atoms with Gasteiger partial charge in [-0.1, -0.05) is 6.92 Å². The van der Waals surface area contributed by atoms with Crippen LogP contribution in [0.15, 0.2) is 18.2 Å². The van der Waals surface area contributed by atoms with Crippen molar-refractivity contribution in [3.8, 4) is 5.75 Å².